The van der Waals surface area contributed by atoms with E-state index in [0.29, 0.717) is 17.7 Å². The first kappa shape index (κ1) is 14.8. The largest absolute Gasteiger partial charge is 0.384 e. The Hall–Kier alpha value is -2.64. The molecular weight excluding hydrogens is 264 g/mol. The van der Waals surface area contributed by atoms with E-state index >= 15 is 0 Å². The van der Waals surface area contributed by atoms with E-state index in [-0.39, 0.29) is 12.5 Å². The first-order valence-corrected chi connectivity index (χ1v) is 6.59. The number of rotatable bonds is 3. The molecule has 1 aromatic carbocycles. The van der Waals surface area contributed by atoms with Crippen molar-refractivity contribution in [2.45, 2.75) is 13.5 Å². The van der Waals surface area contributed by atoms with Gasteiger partial charge >= 0.3 is 0 Å². The fourth-order valence-electron chi connectivity index (χ4n) is 1.90. The normalized spacial score (nSPS) is 9.62. The Kier molecular flexibility index (Phi) is 5.08. The number of nitrogens with zero attached hydrogens (tertiary/aromatic N) is 1. The second-order valence-corrected chi connectivity index (χ2v) is 4.49. The third kappa shape index (κ3) is 3.91. The van der Waals surface area contributed by atoms with Crippen LogP contribution >= 0.6 is 0 Å². The molecule has 1 heterocycles. The third-order valence-corrected chi connectivity index (χ3v) is 3.05. The van der Waals surface area contributed by atoms with Crippen molar-refractivity contribution in [3.63, 3.8) is 0 Å². The van der Waals surface area contributed by atoms with Gasteiger partial charge in [-0.25, -0.2) is 0 Å². The summed E-state index contributed by atoms with van der Waals surface area (Å²) in [5.41, 5.74) is 3.17. The maximum Gasteiger partial charge on any atom is 0.252 e. The van der Waals surface area contributed by atoms with E-state index in [0.717, 1.165) is 11.1 Å². The number of aryl methyl sites for hydroxylation is 1. The highest BCUT2D eigenvalue weighted by Crippen LogP contribution is 2.09. The molecule has 0 unspecified atom stereocenters. The van der Waals surface area contributed by atoms with Gasteiger partial charge in [-0.2, -0.15) is 0 Å². The summed E-state index contributed by atoms with van der Waals surface area (Å²) < 4.78 is 0. The van der Waals surface area contributed by atoms with Crippen LogP contribution in [0.1, 0.15) is 27.0 Å². The fourth-order valence-corrected chi connectivity index (χ4v) is 1.90. The average Bonchev–Trinajstić information content (AvgIpc) is 2.52. The molecule has 4 heteroatoms. The molecule has 0 atom stereocenters. The summed E-state index contributed by atoms with van der Waals surface area (Å²) in [4.78, 5) is 16.3. The molecule has 0 radical (unpaired) electrons. The highest BCUT2D eigenvalue weighted by molar-refractivity contribution is 5.96. The average molecular weight is 280 g/mol. The van der Waals surface area contributed by atoms with Crippen molar-refractivity contribution < 1.29 is 9.90 Å². The summed E-state index contributed by atoms with van der Waals surface area (Å²) in [7, 11) is 0. The molecule has 106 valence electrons. The fraction of sp³-hybridized carbons (Fsp3) is 0.176. The third-order valence-electron chi connectivity index (χ3n) is 3.05. The van der Waals surface area contributed by atoms with E-state index in [9.17, 15) is 4.79 Å². The van der Waals surface area contributed by atoms with Crippen molar-refractivity contribution in [2.24, 2.45) is 0 Å². The molecule has 2 aromatic rings. The van der Waals surface area contributed by atoms with Crippen LogP contribution in [-0.2, 0) is 6.54 Å². The summed E-state index contributed by atoms with van der Waals surface area (Å²) in [5, 5.41) is 11.6. The van der Waals surface area contributed by atoms with Crippen LogP contribution in [0.15, 0.2) is 42.7 Å². The first-order chi connectivity index (χ1) is 10.2. The lowest BCUT2D eigenvalue weighted by Crippen LogP contribution is -2.24. The molecule has 0 fully saturated rings. The van der Waals surface area contributed by atoms with Crippen LogP contribution in [0.25, 0.3) is 0 Å². The predicted molar refractivity (Wildman–Crippen MR) is 80.6 cm³/mol. The molecule has 0 aliphatic carbocycles. The zero-order valence-electron chi connectivity index (χ0n) is 11.8. The van der Waals surface area contributed by atoms with E-state index in [1.165, 1.54) is 0 Å². The zero-order valence-corrected chi connectivity index (χ0v) is 11.8. The number of aliphatic hydroxyl groups excluding tert-OH is 1. The molecule has 0 bridgehead atoms. The number of hydrogen-bond donors (Lipinski definition) is 2. The van der Waals surface area contributed by atoms with Crippen LogP contribution in [0.3, 0.4) is 0 Å². The minimum atomic E-state index is -0.230. The van der Waals surface area contributed by atoms with Crippen molar-refractivity contribution in [1.82, 2.24) is 10.3 Å². The van der Waals surface area contributed by atoms with Gasteiger partial charge in [0.15, 0.2) is 0 Å². The Bertz CT molecular complexity index is 699. The lowest BCUT2D eigenvalue weighted by molar-refractivity contribution is 0.0950. The molecule has 2 N–H and O–H groups in total. The van der Waals surface area contributed by atoms with Crippen LogP contribution in [0.4, 0.5) is 0 Å². The van der Waals surface area contributed by atoms with Crippen molar-refractivity contribution in [1.29, 1.82) is 0 Å². The van der Waals surface area contributed by atoms with Gasteiger partial charge in [-0.3, -0.25) is 9.78 Å². The standard InChI is InChI=1S/C17H16N2O2/c1-13-11-18-9-8-15(13)12-19-17(21)16-7-3-2-5-14(16)6-4-10-20/h2-3,5,7-9,11,20H,10,12H2,1H3,(H,19,21). The monoisotopic (exact) mass is 280 g/mol. The number of aliphatic hydroxyl groups is 1. The number of carbonyl (C=O) groups excluding carboxylic acids is 1. The van der Waals surface area contributed by atoms with Crippen molar-refractivity contribution in [3.05, 3.63) is 65.0 Å². The summed E-state index contributed by atoms with van der Waals surface area (Å²) >= 11 is 0. The number of carbonyl (C=O) groups is 1. The molecule has 0 spiro atoms. The molecule has 0 saturated carbocycles. The van der Waals surface area contributed by atoms with E-state index in [2.05, 4.69) is 22.1 Å². The summed E-state index contributed by atoms with van der Waals surface area (Å²) in [6, 6.07) is 8.96. The Morgan fingerprint density at radius 3 is 2.90 bits per heavy atom. The maximum absolute atomic E-state index is 12.3. The van der Waals surface area contributed by atoms with Crippen LogP contribution in [-0.4, -0.2) is 22.6 Å². The van der Waals surface area contributed by atoms with Gasteiger partial charge in [0.05, 0.1) is 5.56 Å². The van der Waals surface area contributed by atoms with E-state index in [1.807, 2.05) is 19.1 Å². The molecule has 21 heavy (non-hydrogen) atoms. The summed E-state index contributed by atoms with van der Waals surface area (Å²) in [6.07, 6.45) is 3.47. The van der Waals surface area contributed by atoms with Gasteiger partial charge < -0.3 is 10.4 Å². The van der Waals surface area contributed by atoms with Gasteiger partial charge in [0.25, 0.3) is 5.91 Å². The molecule has 0 saturated heterocycles. The Labute approximate surface area is 123 Å². The lowest BCUT2D eigenvalue weighted by atomic mass is 10.1. The number of aromatic nitrogens is 1. The summed E-state index contributed by atoms with van der Waals surface area (Å²) in [6.45, 7) is 2.16. The molecule has 4 nitrogen and oxygen atoms in total. The molecule has 2 rings (SSSR count). The number of benzene rings is 1. The molecule has 1 aromatic heterocycles. The highest BCUT2D eigenvalue weighted by atomic mass is 16.2. The molecular formula is C17H16N2O2. The number of amides is 1. The lowest BCUT2D eigenvalue weighted by Gasteiger charge is -2.08. The Balaban J connectivity index is 2.12. The van der Waals surface area contributed by atoms with Gasteiger partial charge in [0.2, 0.25) is 0 Å². The Morgan fingerprint density at radius 2 is 2.14 bits per heavy atom. The van der Waals surface area contributed by atoms with Crippen molar-refractivity contribution in [2.75, 3.05) is 6.61 Å². The first-order valence-electron chi connectivity index (χ1n) is 6.59. The number of pyridine rings is 1. The number of hydrogen-bond acceptors (Lipinski definition) is 3. The minimum Gasteiger partial charge on any atom is -0.384 e. The van der Waals surface area contributed by atoms with Crippen LogP contribution in [0.2, 0.25) is 0 Å². The SMILES string of the molecule is Cc1cnccc1CNC(=O)c1ccccc1C#CCO. The highest BCUT2D eigenvalue weighted by Gasteiger charge is 2.09. The minimum absolute atomic E-state index is 0.186. The Morgan fingerprint density at radius 1 is 1.33 bits per heavy atom. The predicted octanol–water partition coefficient (Wildman–Crippen LogP) is 1.66. The smallest absolute Gasteiger partial charge is 0.252 e. The second kappa shape index (κ2) is 7.22. The van der Waals surface area contributed by atoms with Crippen LogP contribution in [0, 0.1) is 18.8 Å². The number of nitrogens with one attached hydrogen (secondary N) is 1. The van der Waals surface area contributed by atoms with Gasteiger partial charge in [-0.1, -0.05) is 24.0 Å². The van der Waals surface area contributed by atoms with E-state index in [4.69, 9.17) is 5.11 Å². The van der Waals surface area contributed by atoms with Crippen LogP contribution in [0.5, 0.6) is 0 Å². The zero-order chi connectivity index (χ0) is 15.1. The molecule has 0 aliphatic heterocycles. The van der Waals surface area contributed by atoms with Crippen molar-refractivity contribution >= 4 is 5.91 Å². The van der Waals surface area contributed by atoms with E-state index < -0.39 is 0 Å². The van der Waals surface area contributed by atoms with Gasteiger partial charge in [0, 0.05) is 24.5 Å². The molecule has 0 aliphatic rings. The topological polar surface area (TPSA) is 62.2 Å². The summed E-state index contributed by atoms with van der Waals surface area (Å²) in [5.74, 6) is 5.16. The van der Waals surface area contributed by atoms with E-state index in [1.54, 1.807) is 30.6 Å². The molecule has 1 amide bonds. The van der Waals surface area contributed by atoms with Crippen LogP contribution < -0.4 is 5.32 Å². The van der Waals surface area contributed by atoms with Gasteiger partial charge in [-0.05, 0) is 36.2 Å². The van der Waals surface area contributed by atoms with Gasteiger partial charge in [-0.15, -0.1) is 0 Å². The maximum atomic E-state index is 12.3. The quantitative estimate of drug-likeness (QED) is 0.841. The van der Waals surface area contributed by atoms with Crippen molar-refractivity contribution in [3.8, 4) is 11.8 Å². The second-order valence-electron chi connectivity index (χ2n) is 4.49. The van der Waals surface area contributed by atoms with Gasteiger partial charge in [0.1, 0.15) is 6.61 Å².